The molecule has 0 radical (unpaired) electrons. The van der Waals surface area contributed by atoms with Crippen molar-refractivity contribution in [2.75, 3.05) is 10.6 Å². The number of hydrogen-bond donors (Lipinski definition) is 2. The number of rotatable bonds is 4. The normalized spacial score (nSPS) is 12.8. The van der Waals surface area contributed by atoms with E-state index >= 15 is 0 Å². The monoisotopic (exact) mass is 374 g/mol. The van der Waals surface area contributed by atoms with E-state index in [4.69, 9.17) is 15.6 Å². The van der Waals surface area contributed by atoms with E-state index in [2.05, 4.69) is 0 Å². The van der Waals surface area contributed by atoms with Gasteiger partial charge in [-0.05, 0) is 60.7 Å². The molecule has 7 nitrogen and oxygen atoms in total. The van der Waals surface area contributed by atoms with Crippen LogP contribution in [0.2, 0.25) is 0 Å². The Bertz CT molecular complexity index is 1120. The van der Waals surface area contributed by atoms with Gasteiger partial charge in [-0.3, -0.25) is 9.59 Å². The van der Waals surface area contributed by atoms with E-state index in [1.54, 1.807) is 30.3 Å². The van der Waals surface area contributed by atoms with Crippen LogP contribution in [0.4, 0.5) is 11.4 Å². The fourth-order valence-corrected chi connectivity index (χ4v) is 2.97. The molecule has 0 saturated heterocycles. The lowest BCUT2D eigenvalue weighted by Gasteiger charge is -2.14. The van der Waals surface area contributed by atoms with Crippen molar-refractivity contribution < 1.29 is 24.2 Å². The second kappa shape index (κ2) is 6.55. The predicted octanol–water partition coefficient (Wildman–Crippen LogP) is 3.56. The number of nitrogen functional groups attached to an aromatic ring is 1. The summed E-state index contributed by atoms with van der Waals surface area (Å²) in [5.74, 6) is -1.26. The van der Waals surface area contributed by atoms with E-state index in [0.717, 1.165) is 4.90 Å². The van der Waals surface area contributed by atoms with Crippen LogP contribution >= 0.6 is 0 Å². The van der Waals surface area contributed by atoms with Crippen LogP contribution in [0.15, 0.2) is 66.7 Å². The van der Waals surface area contributed by atoms with Crippen molar-refractivity contribution in [1.29, 1.82) is 0 Å². The summed E-state index contributed by atoms with van der Waals surface area (Å²) in [6.45, 7) is 0. The maximum atomic E-state index is 12.8. The van der Waals surface area contributed by atoms with Gasteiger partial charge in [-0.15, -0.1) is 0 Å². The molecule has 3 aromatic rings. The van der Waals surface area contributed by atoms with E-state index in [1.807, 2.05) is 0 Å². The Balaban J connectivity index is 1.66. The minimum Gasteiger partial charge on any atom is -0.478 e. The smallest absolute Gasteiger partial charge is 0.335 e. The molecule has 1 heterocycles. The number of carboxylic acid groups (broad SMARTS) is 1. The molecule has 0 aromatic heterocycles. The number of carboxylic acids is 1. The third kappa shape index (κ3) is 2.95. The highest BCUT2D eigenvalue weighted by Gasteiger charge is 2.37. The number of benzene rings is 3. The van der Waals surface area contributed by atoms with Gasteiger partial charge in [0.2, 0.25) is 0 Å². The zero-order valence-electron chi connectivity index (χ0n) is 14.5. The Kier molecular flexibility index (Phi) is 4.04. The molecule has 2 amide bonds. The second-order valence-electron chi connectivity index (χ2n) is 6.18. The van der Waals surface area contributed by atoms with E-state index in [1.165, 1.54) is 36.4 Å². The fourth-order valence-electron chi connectivity index (χ4n) is 2.97. The number of imide groups is 1. The molecular formula is C21H14N2O5. The molecular weight excluding hydrogens is 360 g/mol. The van der Waals surface area contributed by atoms with Gasteiger partial charge in [0.05, 0.1) is 22.4 Å². The summed E-state index contributed by atoms with van der Waals surface area (Å²) >= 11 is 0. The van der Waals surface area contributed by atoms with Gasteiger partial charge in [-0.1, -0.05) is 6.07 Å². The lowest BCUT2D eigenvalue weighted by Crippen LogP contribution is -2.29. The minimum atomic E-state index is -1.14. The van der Waals surface area contributed by atoms with Crippen LogP contribution in [0, 0.1) is 0 Å². The number of aromatic carboxylic acids is 1. The van der Waals surface area contributed by atoms with E-state index in [0.29, 0.717) is 17.2 Å². The lowest BCUT2D eigenvalue weighted by molar-refractivity contribution is 0.0695. The third-order valence-electron chi connectivity index (χ3n) is 4.33. The first kappa shape index (κ1) is 17.3. The van der Waals surface area contributed by atoms with Crippen LogP contribution in [0.3, 0.4) is 0 Å². The molecule has 0 atom stereocenters. The summed E-state index contributed by atoms with van der Waals surface area (Å²) < 4.78 is 5.72. The summed E-state index contributed by atoms with van der Waals surface area (Å²) in [5, 5.41) is 9.14. The lowest BCUT2D eigenvalue weighted by atomic mass is 10.1. The summed E-state index contributed by atoms with van der Waals surface area (Å²) in [6, 6.07) is 17.0. The van der Waals surface area contributed by atoms with E-state index in [9.17, 15) is 14.4 Å². The summed E-state index contributed by atoms with van der Waals surface area (Å²) in [7, 11) is 0. The van der Waals surface area contributed by atoms with Gasteiger partial charge in [0.15, 0.2) is 0 Å². The molecule has 138 valence electrons. The highest BCUT2D eigenvalue weighted by Crippen LogP contribution is 2.32. The molecule has 0 bridgehead atoms. The van der Waals surface area contributed by atoms with Crippen molar-refractivity contribution in [3.05, 3.63) is 83.4 Å². The van der Waals surface area contributed by atoms with Crippen LogP contribution in [-0.2, 0) is 0 Å². The molecule has 7 heteroatoms. The molecule has 0 unspecified atom stereocenters. The number of carbonyl (C=O) groups excluding carboxylic acids is 2. The zero-order valence-corrected chi connectivity index (χ0v) is 14.5. The highest BCUT2D eigenvalue weighted by molar-refractivity contribution is 6.34. The van der Waals surface area contributed by atoms with Crippen LogP contribution in [0.25, 0.3) is 0 Å². The van der Waals surface area contributed by atoms with Gasteiger partial charge in [-0.25, -0.2) is 9.69 Å². The van der Waals surface area contributed by atoms with Crippen molar-refractivity contribution in [3.8, 4) is 11.5 Å². The SMILES string of the molecule is Nc1ccc(Oc2ccc3c(c2)C(=O)N(c2cccc(C(=O)O)c2)C3=O)cc1. The number of nitrogens with two attached hydrogens (primary N) is 1. The Hall–Kier alpha value is -4.13. The quantitative estimate of drug-likeness (QED) is 0.534. The molecule has 0 spiro atoms. The van der Waals surface area contributed by atoms with Gasteiger partial charge in [-0.2, -0.15) is 0 Å². The van der Waals surface area contributed by atoms with Gasteiger partial charge < -0.3 is 15.6 Å². The van der Waals surface area contributed by atoms with Crippen LogP contribution < -0.4 is 15.4 Å². The average molecular weight is 374 g/mol. The van der Waals surface area contributed by atoms with E-state index in [-0.39, 0.29) is 22.4 Å². The van der Waals surface area contributed by atoms with Crippen LogP contribution in [0.5, 0.6) is 11.5 Å². The Morgan fingerprint density at radius 3 is 2.25 bits per heavy atom. The first-order chi connectivity index (χ1) is 13.4. The maximum absolute atomic E-state index is 12.8. The minimum absolute atomic E-state index is 0.0126. The number of hydrogen-bond acceptors (Lipinski definition) is 5. The van der Waals surface area contributed by atoms with Crippen LogP contribution in [0.1, 0.15) is 31.1 Å². The number of carbonyl (C=O) groups is 3. The standard InChI is InChI=1S/C21H14N2O5/c22-13-4-6-15(7-5-13)28-16-8-9-17-18(11-16)20(25)23(19(17)24)14-3-1-2-12(10-14)21(26)27/h1-11H,22H2,(H,26,27). The summed E-state index contributed by atoms with van der Waals surface area (Å²) in [6.07, 6.45) is 0. The van der Waals surface area contributed by atoms with Crippen molar-refractivity contribution in [2.45, 2.75) is 0 Å². The molecule has 28 heavy (non-hydrogen) atoms. The number of ether oxygens (including phenoxy) is 1. The Labute approximate surface area is 159 Å². The number of amides is 2. The average Bonchev–Trinajstić information content (AvgIpc) is 2.94. The molecule has 0 aliphatic carbocycles. The molecule has 3 aromatic carbocycles. The molecule has 0 saturated carbocycles. The second-order valence-corrected chi connectivity index (χ2v) is 6.18. The van der Waals surface area contributed by atoms with Crippen molar-refractivity contribution in [3.63, 3.8) is 0 Å². The Morgan fingerprint density at radius 1 is 0.857 bits per heavy atom. The van der Waals surface area contributed by atoms with Crippen molar-refractivity contribution >= 4 is 29.2 Å². The van der Waals surface area contributed by atoms with Crippen LogP contribution in [-0.4, -0.2) is 22.9 Å². The Morgan fingerprint density at radius 2 is 1.54 bits per heavy atom. The first-order valence-corrected chi connectivity index (χ1v) is 8.33. The molecule has 4 rings (SSSR count). The number of anilines is 2. The number of fused-ring (bicyclic) bond motifs is 1. The maximum Gasteiger partial charge on any atom is 0.335 e. The first-order valence-electron chi connectivity index (χ1n) is 8.33. The topological polar surface area (TPSA) is 110 Å². The molecule has 3 N–H and O–H groups in total. The van der Waals surface area contributed by atoms with Crippen molar-refractivity contribution in [1.82, 2.24) is 0 Å². The zero-order chi connectivity index (χ0) is 19.8. The summed E-state index contributed by atoms with van der Waals surface area (Å²) in [4.78, 5) is 37.7. The van der Waals surface area contributed by atoms with E-state index < -0.39 is 17.8 Å². The third-order valence-corrected chi connectivity index (χ3v) is 4.33. The van der Waals surface area contributed by atoms with Gasteiger partial charge in [0, 0.05) is 5.69 Å². The largest absolute Gasteiger partial charge is 0.478 e. The van der Waals surface area contributed by atoms with Gasteiger partial charge >= 0.3 is 5.97 Å². The predicted molar refractivity (Wildman–Crippen MR) is 102 cm³/mol. The molecule has 1 aliphatic heterocycles. The molecule has 1 aliphatic rings. The van der Waals surface area contributed by atoms with Gasteiger partial charge in [0.1, 0.15) is 11.5 Å². The fraction of sp³-hybridized carbons (Fsp3) is 0. The van der Waals surface area contributed by atoms with Crippen molar-refractivity contribution in [2.24, 2.45) is 0 Å². The highest BCUT2D eigenvalue weighted by atomic mass is 16.5. The van der Waals surface area contributed by atoms with Gasteiger partial charge in [0.25, 0.3) is 11.8 Å². The molecule has 0 fully saturated rings. The number of nitrogens with zero attached hydrogens (tertiary/aromatic N) is 1. The summed E-state index contributed by atoms with van der Waals surface area (Å²) in [5.41, 5.74) is 6.86.